The minimum Gasteiger partial charge on any atom is -0.409 e. The highest BCUT2D eigenvalue weighted by Gasteiger charge is 1.88. The molecule has 1 rings (SSSR count). The summed E-state index contributed by atoms with van der Waals surface area (Å²) in [6, 6.07) is 0. The second-order valence-corrected chi connectivity index (χ2v) is 1.61. The molecule has 0 saturated heterocycles. The second kappa shape index (κ2) is 1.85. The van der Waals surface area contributed by atoms with Gasteiger partial charge in [-0.15, -0.1) is 5.10 Å². The van der Waals surface area contributed by atoms with E-state index in [1.54, 1.807) is 6.92 Å². The fourth-order valence-electron chi connectivity index (χ4n) is 0.434. The van der Waals surface area contributed by atoms with Crippen molar-refractivity contribution in [3.8, 4) is 0 Å². The predicted molar refractivity (Wildman–Crippen MR) is 27.8 cm³/mol. The Morgan fingerprint density at radius 2 is 2.44 bits per heavy atom. The SMILES string of the molecule is Cc1cnn(O)c(=N)n1. The van der Waals surface area contributed by atoms with Crippen molar-refractivity contribution in [2.24, 2.45) is 0 Å². The standard InChI is InChI=1S/C4H6N4O/c1-3-2-6-8(9)4(5)7-3/h2,5,9H,1H3. The Morgan fingerprint density at radius 3 is 2.89 bits per heavy atom. The number of hydrogen-bond acceptors (Lipinski definition) is 4. The molecule has 1 heterocycles. The smallest absolute Gasteiger partial charge is 0.277 e. The van der Waals surface area contributed by atoms with Gasteiger partial charge in [0.15, 0.2) is 0 Å². The first-order valence-corrected chi connectivity index (χ1v) is 2.37. The molecule has 0 bridgehead atoms. The van der Waals surface area contributed by atoms with Crippen molar-refractivity contribution in [2.75, 3.05) is 0 Å². The van der Waals surface area contributed by atoms with E-state index in [1.165, 1.54) is 6.20 Å². The molecule has 0 atom stereocenters. The first-order chi connectivity index (χ1) is 4.20. The van der Waals surface area contributed by atoms with Crippen molar-refractivity contribution < 1.29 is 5.21 Å². The summed E-state index contributed by atoms with van der Waals surface area (Å²) < 4.78 is 0. The van der Waals surface area contributed by atoms with Gasteiger partial charge < -0.3 is 5.21 Å². The Hall–Kier alpha value is -1.39. The minimum absolute atomic E-state index is 0.255. The summed E-state index contributed by atoms with van der Waals surface area (Å²) in [5.74, 6) is 0. The van der Waals surface area contributed by atoms with Crippen molar-refractivity contribution in [3.05, 3.63) is 17.5 Å². The molecule has 5 heteroatoms. The average molecular weight is 126 g/mol. The second-order valence-electron chi connectivity index (χ2n) is 1.61. The Kier molecular flexibility index (Phi) is 1.18. The van der Waals surface area contributed by atoms with Crippen LogP contribution < -0.4 is 5.62 Å². The van der Waals surface area contributed by atoms with Gasteiger partial charge in [-0.2, -0.15) is 0 Å². The third-order valence-corrected chi connectivity index (χ3v) is 0.826. The van der Waals surface area contributed by atoms with E-state index in [9.17, 15) is 0 Å². The molecule has 0 aliphatic carbocycles. The third kappa shape index (κ3) is 1.04. The molecule has 0 saturated carbocycles. The monoisotopic (exact) mass is 126 g/mol. The van der Waals surface area contributed by atoms with Crippen LogP contribution in [0.4, 0.5) is 0 Å². The molecule has 0 spiro atoms. The van der Waals surface area contributed by atoms with Crippen molar-refractivity contribution in [2.45, 2.75) is 6.92 Å². The molecule has 0 amide bonds. The number of nitrogens with zero attached hydrogens (tertiary/aromatic N) is 3. The summed E-state index contributed by atoms with van der Waals surface area (Å²) in [7, 11) is 0. The molecule has 5 nitrogen and oxygen atoms in total. The van der Waals surface area contributed by atoms with E-state index in [0.717, 1.165) is 0 Å². The third-order valence-electron chi connectivity index (χ3n) is 0.826. The van der Waals surface area contributed by atoms with Crippen molar-refractivity contribution in [1.29, 1.82) is 5.41 Å². The normalized spacial score (nSPS) is 9.44. The molecule has 0 aliphatic heterocycles. The molecule has 0 unspecified atom stereocenters. The largest absolute Gasteiger partial charge is 0.409 e. The van der Waals surface area contributed by atoms with Crippen molar-refractivity contribution >= 4 is 0 Å². The Bertz CT molecular complexity index is 266. The van der Waals surface area contributed by atoms with Crippen LogP contribution in [0.1, 0.15) is 5.69 Å². The fraction of sp³-hybridized carbons (Fsp3) is 0.250. The lowest BCUT2D eigenvalue weighted by atomic mass is 10.5. The molecule has 1 aromatic heterocycles. The van der Waals surface area contributed by atoms with E-state index in [2.05, 4.69) is 10.1 Å². The Labute approximate surface area is 51.1 Å². The van der Waals surface area contributed by atoms with Crippen LogP contribution in [0, 0.1) is 12.3 Å². The van der Waals surface area contributed by atoms with Gasteiger partial charge in [0.2, 0.25) is 0 Å². The summed E-state index contributed by atoms with van der Waals surface area (Å²) in [6.45, 7) is 1.70. The van der Waals surface area contributed by atoms with Gasteiger partial charge in [0.1, 0.15) is 0 Å². The number of hydrogen-bond donors (Lipinski definition) is 2. The topological polar surface area (TPSA) is 74.8 Å². The summed E-state index contributed by atoms with van der Waals surface area (Å²) >= 11 is 0. The lowest BCUT2D eigenvalue weighted by Crippen LogP contribution is -2.23. The average Bonchev–Trinajstić information content (AvgIpc) is 1.80. The van der Waals surface area contributed by atoms with Crippen LogP contribution in [0.2, 0.25) is 0 Å². The lowest BCUT2D eigenvalue weighted by molar-refractivity contribution is 0.124. The van der Waals surface area contributed by atoms with Gasteiger partial charge in [0, 0.05) is 0 Å². The van der Waals surface area contributed by atoms with E-state index in [0.29, 0.717) is 10.5 Å². The first-order valence-electron chi connectivity index (χ1n) is 2.37. The number of aryl methyl sites for hydroxylation is 1. The maximum Gasteiger partial charge on any atom is 0.277 e. The molecular weight excluding hydrogens is 120 g/mol. The van der Waals surface area contributed by atoms with Crippen molar-refractivity contribution in [3.63, 3.8) is 0 Å². The van der Waals surface area contributed by atoms with Crippen LogP contribution in [0.25, 0.3) is 0 Å². The van der Waals surface area contributed by atoms with Crippen LogP contribution in [0.5, 0.6) is 0 Å². The zero-order valence-electron chi connectivity index (χ0n) is 4.87. The molecule has 9 heavy (non-hydrogen) atoms. The van der Waals surface area contributed by atoms with Gasteiger partial charge in [0.05, 0.1) is 11.9 Å². The van der Waals surface area contributed by atoms with Gasteiger partial charge in [0.25, 0.3) is 5.62 Å². The van der Waals surface area contributed by atoms with Crippen LogP contribution in [0.15, 0.2) is 6.20 Å². The maximum atomic E-state index is 8.60. The van der Waals surface area contributed by atoms with E-state index in [1.807, 2.05) is 0 Å². The van der Waals surface area contributed by atoms with E-state index in [-0.39, 0.29) is 5.62 Å². The zero-order valence-corrected chi connectivity index (χ0v) is 4.87. The molecule has 0 aromatic carbocycles. The maximum absolute atomic E-state index is 8.60. The molecule has 1 aromatic rings. The summed E-state index contributed by atoms with van der Waals surface area (Å²) in [6.07, 6.45) is 1.37. The molecule has 0 aliphatic rings. The molecule has 0 radical (unpaired) electrons. The van der Waals surface area contributed by atoms with Gasteiger partial charge >= 0.3 is 0 Å². The Morgan fingerprint density at radius 1 is 1.78 bits per heavy atom. The highest BCUT2D eigenvalue weighted by atomic mass is 16.5. The van der Waals surface area contributed by atoms with Gasteiger partial charge in [-0.3, -0.25) is 5.41 Å². The number of nitrogens with one attached hydrogen (secondary N) is 1. The van der Waals surface area contributed by atoms with E-state index < -0.39 is 0 Å². The fourth-order valence-corrected chi connectivity index (χ4v) is 0.434. The molecular formula is C4H6N4O. The zero-order chi connectivity index (χ0) is 6.85. The van der Waals surface area contributed by atoms with E-state index in [4.69, 9.17) is 10.6 Å². The summed E-state index contributed by atoms with van der Waals surface area (Å²) in [5, 5.41) is 18.9. The van der Waals surface area contributed by atoms with Crippen LogP contribution in [-0.4, -0.2) is 20.1 Å². The molecule has 48 valence electrons. The van der Waals surface area contributed by atoms with Gasteiger partial charge in [-0.1, -0.05) is 4.85 Å². The van der Waals surface area contributed by atoms with Crippen molar-refractivity contribution in [1.82, 2.24) is 14.9 Å². The lowest BCUT2D eigenvalue weighted by Gasteiger charge is -1.92. The quantitative estimate of drug-likeness (QED) is 0.451. The van der Waals surface area contributed by atoms with Crippen LogP contribution >= 0.6 is 0 Å². The number of aromatic nitrogens is 3. The van der Waals surface area contributed by atoms with Gasteiger partial charge in [-0.05, 0) is 6.92 Å². The van der Waals surface area contributed by atoms with E-state index >= 15 is 0 Å². The minimum atomic E-state index is -0.255. The molecule has 2 N–H and O–H groups in total. The summed E-state index contributed by atoms with van der Waals surface area (Å²) in [5.41, 5.74) is 0.361. The highest BCUT2D eigenvalue weighted by Crippen LogP contribution is 1.76. The molecule has 0 fully saturated rings. The summed E-state index contributed by atoms with van der Waals surface area (Å²) in [4.78, 5) is 4.00. The van der Waals surface area contributed by atoms with Crippen LogP contribution in [0.3, 0.4) is 0 Å². The number of rotatable bonds is 0. The Balaban J connectivity index is 3.34. The van der Waals surface area contributed by atoms with Gasteiger partial charge in [-0.25, -0.2) is 4.98 Å². The highest BCUT2D eigenvalue weighted by molar-refractivity contribution is 4.84. The predicted octanol–water partition coefficient (Wildman–Crippen LogP) is -0.697. The van der Waals surface area contributed by atoms with Crippen LogP contribution in [-0.2, 0) is 0 Å². The first kappa shape index (κ1) is 5.74.